The van der Waals surface area contributed by atoms with E-state index in [0.29, 0.717) is 17.4 Å². The van der Waals surface area contributed by atoms with Gasteiger partial charge in [-0.25, -0.2) is 4.39 Å². The maximum atomic E-state index is 13.5. The molecule has 0 N–H and O–H groups in total. The van der Waals surface area contributed by atoms with Crippen molar-refractivity contribution in [2.24, 2.45) is 5.41 Å². The summed E-state index contributed by atoms with van der Waals surface area (Å²) in [6.07, 6.45) is 9.36. The molecule has 1 spiro atoms. The Balaban J connectivity index is 1.15. The van der Waals surface area contributed by atoms with E-state index in [1.165, 1.54) is 57.0 Å². The van der Waals surface area contributed by atoms with Crippen LogP contribution in [0.2, 0.25) is 0 Å². The molecule has 1 aliphatic carbocycles. The number of piperidine rings is 1. The Morgan fingerprint density at radius 2 is 1.90 bits per heavy atom. The first-order valence-corrected chi connectivity index (χ1v) is 10.9. The molecule has 5 heteroatoms. The van der Waals surface area contributed by atoms with Crippen LogP contribution in [-0.4, -0.2) is 49.2 Å². The molecule has 0 radical (unpaired) electrons. The van der Waals surface area contributed by atoms with Crippen LogP contribution < -0.4 is 9.64 Å². The molecule has 3 heterocycles. The van der Waals surface area contributed by atoms with Crippen LogP contribution in [0.25, 0.3) is 0 Å². The Kier molecular flexibility index (Phi) is 4.94. The zero-order valence-corrected chi connectivity index (χ0v) is 17.2. The van der Waals surface area contributed by atoms with Gasteiger partial charge in [-0.15, -0.1) is 0 Å². The summed E-state index contributed by atoms with van der Waals surface area (Å²) in [7, 11) is 1.77. The molecule has 1 saturated carbocycles. The van der Waals surface area contributed by atoms with Gasteiger partial charge in [0.1, 0.15) is 11.6 Å². The van der Waals surface area contributed by atoms with Crippen LogP contribution in [0.4, 0.5) is 10.1 Å². The van der Waals surface area contributed by atoms with Gasteiger partial charge in [0.05, 0.1) is 25.2 Å². The van der Waals surface area contributed by atoms with E-state index in [9.17, 15) is 4.39 Å². The number of rotatable bonds is 4. The average Bonchev–Trinajstić information content (AvgIpc) is 3.19. The lowest BCUT2D eigenvalue weighted by molar-refractivity contribution is 0.131. The molecule has 1 unspecified atom stereocenters. The van der Waals surface area contributed by atoms with Gasteiger partial charge in [0.2, 0.25) is 0 Å². The van der Waals surface area contributed by atoms with Crippen molar-refractivity contribution in [1.82, 2.24) is 9.88 Å². The van der Waals surface area contributed by atoms with Crippen LogP contribution in [0.1, 0.15) is 43.6 Å². The number of halogens is 1. The van der Waals surface area contributed by atoms with Gasteiger partial charge in [0, 0.05) is 30.6 Å². The van der Waals surface area contributed by atoms with E-state index in [1.54, 1.807) is 19.4 Å². The number of pyridine rings is 1. The molecule has 1 aromatic heterocycles. The number of nitrogens with zero attached hydrogens (tertiary/aromatic N) is 3. The standard InChI is InChI=1S/C24H30FN3O/c1-29-23-5-3-2-4-22(23)18-7-10-27(11-8-18)20-6-9-24(13-20)16-28(17-24)21-12-19(25)14-26-15-21/h2-5,12,14-15,18,20H,6-11,13,16-17H2,1H3. The lowest BCUT2D eigenvalue weighted by Crippen LogP contribution is -2.56. The van der Waals surface area contributed by atoms with Crippen LogP contribution in [-0.2, 0) is 0 Å². The molecule has 5 rings (SSSR count). The highest BCUT2D eigenvalue weighted by Crippen LogP contribution is 2.49. The van der Waals surface area contributed by atoms with Gasteiger partial charge in [0.25, 0.3) is 0 Å². The zero-order valence-electron chi connectivity index (χ0n) is 17.2. The lowest BCUT2D eigenvalue weighted by atomic mass is 9.77. The van der Waals surface area contributed by atoms with Crippen molar-refractivity contribution < 1.29 is 9.13 Å². The molecule has 0 bridgehead atoms. The number of benzene rings is 1. The zero-order chi connectivity index (χ0) is 19.8. The second kappa shape index (κ2) is 7.60. The molecule has 3 aliphatic rings. The van der Waals surface area contributed by atoms with Crippen molar-refractivity contribution in [3.63, 3.8) is 0 Å². The molecule has 2 saturated heterocycles. The summed E-state index contributed by atoms with van der Waals surface area (Å²) in [5.74, 6) is 1.40. The molecule has 1 atom stereocenters. The molecule has 2 aromatic rings. The summed E-state index contributed by atoms with van der Waals surface area (Å²) in [5, 5.41) is 0. The number of hydrogen-bond acceptors (Lipinski definition) is 4. The van der Waals surface area contributed by atoms with Crippen molar-refractivity contribution in [1.29, 1.82) is 0 Å². The van der Waals surface area contributed by atoms with Crippen molar-refractivity contribution in [2.45, 2.75) is 44.1 Å². The number of likely N-dealkylation sites (tertiary alicyclic amines) is 1. The van der Waals surface area contributed by atoms with E-state index in [-0.39, 0.29) is 5.82 Å². The first-order valence-electron chi connectivity index (χ1n) is 10.9. The van der Waals surface area contributed by atoms with Crippen molar-refractivity contribution in [3.05, 3.63) is 54.1 Å². The molecule has 3 fully saturated rings. The monoisotopic (exact) mass is 395 g/mol. The van der Waals surface area contributed by atoms with Gasteiger partial charge in [-0.05, 0) is 62.7 Å². The van der Waals surface area contributed by atoms with E-state index in [2.05, 4.69) is 39.0 Å². The molecule has 0 amide bonds. The van der Waals surface area contributed by atoms with Gasteiger partial charge in [0.15, 0.2) is 0 Å². The number of ether oxygens (including phenoxy) is 1. The lowest BCUT2D eigenvalue weighted by Gasteiger charge is -2.50. The SMILES string of the molecule is COc1ccccc1C1CCN(C2CCC3(C2)CN(c2cncc(F)c2)C3)CC1. The summed E-state index contributed by atoms with van der Waals surface area (Å²) >= 11 is 0. The van der Waals surface area contributed by atoms with Gasteiger partial charge < -0.3 is 14.5 Å². The molecular formula is C24H30FN3O. The van der Waals surface area contributed by atoms with Crippen LogP contribution in [0.15, 0.2) is 42.7 Å². The fraction of sp³-hybridized carbons (Fsp3) is 0.542. The quantitative estimate of drug-likeness (QED) is 0.764. The second-order valence-electron chi connectivity index (χ2n) is 9.17. The van der Waals surface area contributed by atoms with Crippen molar-refractivity contribution in [2.75, 3.05) is 38.2 Å². The molecule has 29 heavy (non-hydrogen) atoms. The highest BCUT2D eigenvalue weighted by Gasteiger charge is 2.49. The normalized spacial score (nSPS) is 24.6. The van der Waals surface area contributed by atoms with Gasteiger partial charge >= 0.3 is 0 Å². The smallest absolute Gasteiger partial charge is 0.143 e. The third-order valence-corrected chi connectivity index (χ3v) is 7.41. The summed E-state index contributed by atoms with van der Waals surface area (Å²) in [6.45, 7) is 4.46. The van der Waals surface area contributed by atoms with E-state index < -0.39 is 0 Å². The van der Waals surface area contributed by atoms with E-state index in [4.69, 9.17) is 4.74 Å². The largest absolute Gasteiger partial charge is 0.496 e. The fourth-order valence-electron chi connectivity index (χ4n) is 5.87. The Morgan fingerprint density at radius 3 is 2.66 bits per heavy atom. The molecule has 2 aliphatic heterocycles. The Labute approximate surface area is 172 Å². The highest BCUT2D eigenvalue weighted by molar-refractivity contribution is 5.48. The fourth-order valence-corrected chi connectivity index (χ4v) is 5.87. The Morgan fingerprint density at radius 1 is 1.10 bits per heavy atom. The molecule has 154 valence electrons. The first kappa shape index (κ1) is 18.9. The van der Waals surface area contributed by atoms with Gasteiger partial charge in [-0.2, -0.15) is 0 Å². The van der Waals surface area contributed by atoms with Crippen molar-refractivity contribution in [3.8, 4) is 5.75 Å². The Hall–Kier alpha value is -2.14. The molecule has 4 nitrogen and oxygen atoms in total. The molecule has 1 aromatic carbocycles. The predicted molar refractivity (Wildman–Crippen MR) is 113 cm³/mol. The number of para-hydroxylation sites is 1. The van der Waals surface area contributed by atoms with Crippen LogP contribution in [0.5, 0.6) is 5.75 Å². The second-order valence-corrected chi connectivity index (χ2v) is 9.17. The first-order chi connectivity index (χ1) is 14.2. The van der Waals surface area contributed by atoms with E-state index in [0.717, 1.165) is 24.5 Å². The third kappa shape index (κ3) is 3.61. The van der Waals surface area contributed by atoms with E-state index in [1.807, 2.05) is 0 Å². The third-order valence-electron chi connectivity index (χ3n) is 7.41. The summed E-state index contributed by atoms with van der Waals surface area (Å²) in [5.41, 5.74) is 2.73. The minimum absolute atomic E-state index is 0.245. The van der Waals surface area contributed by atoms with Crippen LogP contribution in [0.3, 0.4) is 0 Å². The summed E-state index contributed by atoms with van der Waals surface area (Å²) in [4.78, 5) is 9.01. The topological polar surface area (TPSA) is 28.6 Å². The minimum atomic E-state index is -0.245. The molecular weight excluding hydrogens is 365 g/mol. The number of anilines is 1. The van der Waals surface area contributed by atoms with Gasteiger partial charge in [-0.1, -0.05) is 18.2 Å². The number of hydrogen-bond donors (Lipinski definition) is 0. The average molecular weight is 396 g/mol. The van der Waals surface area contributed by atoms with Gasteiger partial charge in [-0.3, -0.25) is 4.98 Å². The van der Waals surface area contributed by atoms with E-state index >= 15 is 0 Å². The minimum Gasteiger partial charge on any atom is -0.496 e. The number of methoxy groups -OCH3 is 1. The maximum Gasteiger partial charge on any atom is 0.143 e. The summed E-state index contributed by atoms with van der Waals surface area (Å²) in [6, 6.07) is 10.8. The predicted octanol–water partition coefficient (Wildman–Crippen LogP) is 4.47. The van der Waals surface area contributed by atoms with Crippen molar-refractivity contribution >= 4 is 5.69 Å². The maximum absolute atomic E-state index is 13.5. The Bertz CT molecular complexity index is 859. The highest BCUT2D eigenvalue weighted by atomic mass is 19.1. The van der Waals surface area contributed by atoms with Crippen LogP contribution >= 0.6 is 0 Å². The number of aromatic nitrogens is 1. The summed E-state index contributed by atoms with van der Waals surface area (Å²) < 4.78 is 19.0. The van der Waals surface area contributed by atoms with Crippen LogP contribution in [0, 0.1) is 11.2 Å².